The number of aromatic nitrogens is 2. The Morgan fingerprint density at radius 2 is 2.46 bits per heavy atom. The molecule has 0 aliphatic carbocycles. The van der Waals surface area contributed by atoms with Crippen molar-refractivity contribution < 1.29 is 4.79 Å². The number of carbonyl (C=O) groups excluding carboxylic acids is 1. The molecular weight excluding hydrogens is 194 g/mol. The Bertz CT molecular complexity index is 374. The van der Waals surface area contributed by atoms with E-state index in [1.807, 2.05) is 0 Å². The van der Waals surface area contributed by atoms with Crippen LogP contribution in [0.15, 0.2) is 17.1 Å². The van der Waals surface area contributed by atoms with Crippen LogP contribution in [0, 0.1) is 0 Å². The van der Waals surface area contributed by atoms with Gasteiger partial charge in [0.1, 0.15) is 5.82 Å². The van der Waals surface area contributed by atoms with Gasteiger partial charge in [0, 0.05) is 13.2 Å². The number of anilines is 1. The van der Waals surface area contributed by atoms with Crippen molar-refractivity contribution in [1.29, 1.82) is 0 Å². The Balaban J connectivity index is 2.74. The van der Waals surface area contributed by atoms with Crippen molar-refractivity contribution in [1.82, 2.24) is 9.55 Å². The number of nitrogens with one attached hydrogen (secondary N) is 1. The first-order chi connectivity index (χ1) is 6.09. The lowest BCUT2D eigenvalue weighted by Gasteiger charge is -2.01. The highest BCUT2D eigenvalue weighted by atomic mass is 35.5. The van der Waals surface area contributed by atoms with Crippen molar-refractivity contribution >= 4 is 22.7 Å². The summed E-state index contributed by atoms with van der Waals surface area (Å²) in [5.41, 5.74) is -0.382. The minimum atomic E-state index is -0.525. The summed E-state index contributed by atoms with van der Waals surface area (Å²) >= 11 is 5.09. The molecule has 70 valence electrons. The van der Waals surface area contributed by atoms with Crippen LogP contribution in [-0.2, 0) is 11.8 Å². The number of hydrogen-bond donors (Lipinski definition) is 1. The number of carbonyl (C=O) groups is 1. The summed E-state index contributed by atoms with van der Waals surface area (Å²) in [6.45, 7) is -0.0400. The van der Waals surface area contributed by atoms with E-state index in [0.29, 0.717) is 5.82 Å². The molecule has 0 unspecified atom stereocenters. The molecule has 0 saturated carbocycles. The maximum absolute atomic E-state index is 11.0. The van der Waals surface area contributed by atoms with Crippen LogP contribution in [0.5, 0.6) is 0 Å². The zero-order chi connectivity index (χ0) is 9.84. The van der Waals surface area contributed by atoms with E-state index >= 15 is 0 Å². The summed E-state index contributed by atoms with van der Waals surface area (Å²) in [6, 6.07) is 1.58. The summed E-state index contributed by atoms with van der Waals surface area (Å²) in [5, 5.41) is 2.08. The minimum absolute atomic E-state index is 0.0400. The van der Waals surface area contributed by atoms with Crippen LogP contribution in [0.25, 0.3) is 0 Å². The summed E-state index contributed by atoms with van der Waals surface area (Å²) in [6.07, 6.45) is 1.55. The van der Waals surface area contributed by atoms with E-state index in [0.717, 1.165) is 0 Å². The van der Waals surface area contributed by atoms with Crippen LogP contribution < -0.4 is 11.0 Å². The topological polar surface area (TPSA) is 64.0 Å². The zero-order valence-corrected chi connectivity index (χ0v) is 7.71. The Kier molecular flexibility index (Phi) is 3.02. The van der Waals surface area contributed by atoms with Crippen LogP contribution in [0.4, 0.5) is 5.82 Å². The third kappa shape index (κ3) is 2.87. The van der Waals surface area contributed by atoms with E-state index in [4.69, 9.17) is 11.6 Å². The average molecular weight is 202 g/mol. The van der Waals surface area contributed by atoms with Gasteiger partial charge in [-0.15, -0.1) is 0 Å². The monoisotopic (exact) mass is 201 g/mol. The molecular formula is C7H8ClN3O2. The molecule has 0 spiro atoms. The number of nitrogens with zero attached hydrogens (tertiary/aromatic N) is 2. The molecule has 1 aromatic heterocycles. The Labute approximate surface area is 79.4 Å². The first-order valence-corrected chi connectivity index (χ1v) is 3.93. The first-order valence-electron chi connectivity index (χ1n) is 3.55. The predicted molar refractivity (Wildman–Crippen MR) is 48.8 cm³/mol. The van der Waals surface area contributed by atoms with Crippen LogP contribution in [0.2, 0.25) is 0 Å². The lowest BCUT2D eigenvalue weighted by molar-refractivity contribution is -0.110. The summed E-state index contributed by atoms with van der Waals surface area (Å²) in [5.74, 6) is 0.345. The van der Waals surface area contributed by atoms with Gasteiger partial charge in [-0.1, -0.05) is 0 Å². The van der Waals surface area contributed by atoms with Gasteiger partial charge in [-0.2, -0.15) is 4.98 Å². The third-order valence-corrected chi connectivity index (χ3v) is 1.52. The summed E-state index contributed by atoms with van der Waals surface area (Å²) < 4.78 is 1.33. The molecule has 6 heteroatoms. The fourth-order valence-electron chi connectivity index (χ4n) is 0.724. The van der Waals surface area contributed by atoms with Gasteiger partial charge in [-0.05, 0) is 17.7 Å². The molecule has 0 bridgehead atoms. The van der Waals surface area contributed by atoms with Crippen molar-refractivity contribution in [2.75, 3.05) is 11.9 Å². The fraction of sp³-hybridized carbons (Fsp3) is 0.286. The maximum Gasteiger partial charge on any atom is 0.349 e. The van der Waals surface area contributed by atoms with E-state index < -0.39 is 5.24 Å². The van der Waals surface area contributed by atoms with Gasteiger partial charge in [0.25, 0.3) is 0 Å². The van der Waals surface area contributed by atoms with Crippen LogP contribution in [0.3, 0.4) is 0 Å². The second-order valence-electron chi connectivity index (χ2n) is 2.41. The molecule has 0 aromatic carbocycles. The Morgan fingerprint density at radius 3 is 3.00 bits per heavy atom. The molecule has 0 atom stereocenters. The van der Waals surface area contributed by atoms with Gasteiger partial charge in [0.2, 0.25) is 5.24 Å². The largest absolute Gasteiger partial charge is 0.361 e. The summed E-state index contributed by atoms with van der Waals surface area (Å²) in [4.78, 5) is 25.0. The highest BCUT2D eigenvalue weighted by molar-refractivity contribution is 6.64. The molecule has 0 radical (unpaired) electrons. The normalized spacial score (nSPS) is 9.69. The van der Waals surface area contributed by atoms with Crippen molar-refractivity contribution in [3.05, 3.63) is 22.7 Å². The Hall–Kier alpha value is -1.36. The van der Waals surface area contributed by atoms with Crippen LogP contribution in [-0.4, -0.2) is 21.3 Å². The number of aryl methyl sites for hydroxylation is 1. The van der Waals surface area contributed by atoms with Crippen molar-refractivity contribution in [3.63, 3.8) is 0 Å². The number of rotatable bonds is 3. The molecule has 5 nitrogen and oxygen atoms in total. The predicted octanol–water partition coefficient (Wildman–Crippen LogP) is -0.0424. The molecule has 1 heterocycles. The van der Waals surface area contributed by atoms with E-state index in [2.05, 4.69) is 10.3 Å². The SMILES string of the molecule is Cn1ccc(NCC(=O)Cl)nc1=O. The molecule has 0 fully saturated rings. The quantitative estimate of drug-likeness (QED) is 0.697. The van der Waals surface area contributed by atoms with E-state index in [1.54, 1.807) is 19.3 Å². The highest BCUT2D eigenvalue weighted by Crippen LogP contribution is 1.96. The van der Waals surface area contributed by atoms with Crippen molar-refractivity contribution in [2.45, 2.75) is 0 Å². The second kappa shape index (κ2) is 4.04. The fourth-order valence-corrected chi connectivity index (χ4v) is 0.791. The Morgan fingerprint density at radius 1 is 1.77 bits per heavy atom. The standard InChI is InChI=1S/C7H8ClN3O2/c1-11-3-2-6(10-7(11)13)9-4-5(8)12/h2-3H,4H2,1H3,(H,9,10,13). The third-order valence-electron chi connectivity index (χ3n) is 1.38. The van der Waals surface area contributed by atoms with E-state index in [9.17, 15) is 9.59 Å². The minimum Gasteiger partial charge on any atom is -0.361 e. The second-order valence-corrected chi connectivity index (χ2v) is 2.84. The van der Waals surface area contributed by atoms with E-state index in [-0.39, 0.29) is 12.2 Å². The lowest BCUT2D eigenvalue weighted by Crippen LogP contribution is -2.21. The van der Waals surface area contributed by atoms with Gasteiger partial charge in [-0.25, -0.2) is 4.79 Å². The molecule has 1 aromatic rings. The summed E-state index contributed by atoms with van der Waals surface area (Å²) in [7, 11) is 1.59. The van der Waals surface area contributed by atoms with Crippen molar-refractivity contribution in [3.8, 4) is 0 Å². The zero-order valence-electron chi connectivity index (χ0n) is 6.95. The van der Waals surface area contributed by atoms with E-state index in [1.165, 1.54) is 4.57 Å². The van der Waals surface area contributed by atoms with Gasteiger partial charge >= 0.3 is 5.69 Å². The lowest BCUT2D eigenvalue weighted by atomic mass is 10.5. The van der Waals surface area contributed by atoms with Gasteiger partial charge in [0.05, 0.1) is 6.54 Å². The van der Waals surface area contributed by atoms with Crippen LogP contribution in [0.1, 0.15) is 0 Å². The smallest absolute Gasteiger partial charge is 0.349 e. The maximum atomic E-state index is 11.0. The number of hydrogen-bond acceptors (Lipinski definition) is 4. The highest BCUT2D eigenvalue weighted by Gasteiger charge is 1.98. The van der Waals surface area contributed by atoms with Gasteiger partial charge in [0.15, 0.2) is 0 Å². The molecule has 1 rings (SSSR count). The van der Waals surface area contributed by atoms with Gasteiger partial charge in [-0.3, -0.25) is 4.79 Å². The van der Waals surface area contributed by atoms with Crippen LogP contribution >= 0.6 is 11.6 Å². The molecule has 1 N–H and O–H groups in total. The molecule has 0 saturated heterocycles. The van der Waals surface area contributed by atoms with Crippen molar-refractivity contribution in [2.24, 2.45) is 7.05 Å². The average Bonchev–Trinajstić information content (AvgIpc) is 2.07. The molecule has 0 aliphatic rings. The number of halogens is 1. The molecule has 13 heavy (non-hydrogen) atoms. The first kappa shape index (κ1) is 9.73. The van der Waals surface area contributed by atoms with Gasteiger partial charge < -0.3 is 9.88 Å². The molecule has 0 aliphatic heterocycles. The molecule has 0 amide bonds.